The Labute approximate surface area is 651 Å². The highest BCUT2D eigenvalue weighted by molar-refractivity contribution is 6.02. The number of nitrogens with zero attached hydrogens (tertiary/aromatic N) is 15. The molecule has 3 N–H and O–H groups in total. The summed E-state index contributed by atoms with van der Waals surface area (Å²) in [6, 6.07) is 47.9. The molecule has 0 radical (unpaired) electrons. The predicted octanol–water partition coefficient (Wildman–Crippen LogP) is 10.2. The number of hydrogen-bond acceptors (Lipinski definition) is 20. The zero-order chi connectivity index (χ0) is 77.5. The summed E-state index contributed by atoms with van der Waals surface area (Å²) in [5.74, 6) is 14.2. The standard InChI is InChI=1S/C42H40FN9O4.C25H26FN7.C18H18N2O4/c43-31-7-1-6-30(25-31)33-9-4-20-50(33)39-17-16-37-44-26-35(52(37)47-39)32-8-2-10-38(45-32)49-23-21-48(22-24-49)19-3-5-28-11-13-29(14-12-28)36-27-51(42(55)56-36)34-15-18-40(53)46-41(34)54;26-19-5-1-4-18(16-19)21-7-3-13-32(21)25-10-9-23-28-17-22(33(23)30-25)20-6-2-8-24(29-20)31-14-11-27-12-15-31;1-2-3-4-12-5-7-13(8-6-12)15-11-20(18(23)24-15)14-9-10-16(21)19-17(14)22/h1-2,6-8,10-14,16-17,25-26,33-34,36H,4,9,15,18-24,27H2,(H,46,53,54);1-2,4-6,8-10,16-17,21,27H,3,7,11-15H2;5-8,14-15H,2,9-11H2,1H3,(H,19,21,22)/t33-,34?,36?;21-;14?,15-/m111/s1. The molecule has 26 nitrogen and oxygen atoms in total. The number of cyclic esters (lactones) is 2. The Kier molecular flexibility index (Phi) is 22.1. The third-order valence-corrected chi connectivity index (χ3v) is 21.8. The summed E-state index contributed by atoms with van der Waals surface area (Å²) in [5.41, 5.74) is 10.3. The van der Waals surface area contributed by atoms with Gasteiger partial charge in [0.05, 0.1) is 55.5 Å². The Morgan fingerprint density at radius 1 is 0.460 bits per heavy atom. The van der Waals surface area contributed by atoms with Crippen LogP contribution in [0.1, 0.15) is 122 Å². The quantitative estimate of drug-likeness (QED) is 0.0715. The minimum absolute atomic E-state index is 0.0646. The molecule has 4 aromatic carbocycles. The van der Waals surface area contributed by atoms with Crippen LogP contribution in [0.3, 0.4) is 0 Å². The summed E-state index contributed by atoms with van der Waals surface area (Å²) in [7, 11) is 0. The van der Waals surface area contributed by atoms with Crippen LogP contribution in [0, 0.1) is 35.3 Å². The van der Waals surface area contributed by atoms with Crippen molar-refractivity contribution in [2.75, 3.05) is 105 Å². The van der Waals surface area contributed by atoms with Crippen molar-refractivity contribution in [2.24, 2.45) is 0 Å². The monoisotopic (exact) mass is 1520 g/mol. The lowest BCUT2D eigenvalue weighted by molar-refractivity contribution is -0.138. The Balaban J connectivity index is 0.000000142. The number of rotatable bonds is 13. The van der Waals surface area contributed by atoms with Gasteiger partial charge in [-0.2, -0.15) is 0 Å². The summed E-state index contributed by atoms with van der Waals surface area (Å²) in [5, 5.41) is 17.9. The van der Waals surface area contributed by atoms with Crippen LogP contribution in [0.5, 0.6) is 0 Å². The van der Waals surface area contributed by atoms with E-state index in [0.717, 1.165) is 188 Å². The van der Waals surface area contributed by atoms with Crippen LogP contribution < -0.4 is 35.6 Å². The van der Waals surface area contributed by atoms with Gasteiger partial charge in [0.1, 0.15) is 70.6 Å². The van der Waals surface area contributed by atoms with E-state index >= 15 is 0 Å². The maximum atomic E-state index is 14.1. The maximum Gasteiger partial charge on any atom is 0.411 e. The number of carbonyl (C=O) groups is 6. The zero-order valence-corrected chi connectivity index (χ0v) is 62.4. The molecule has 576 valence electrons. The van der Waals surface area contributed by atoms with Crippen LogP contribution in [-0.2, 0) is 28.7 Å². The third kappa shape index (κ3) is 16.7. The van der Waals surface area contributed by atoms with Crippen molar-refractivity contribution in [2.45, 2.75) is 101 Å². The number of carbonyl (C=O) groups excluding carboxylic acids is 6. The summed E-state index contributed by atoms with van der Waals surface area (Å²) in [6.45, 7) is 12.1. The minimum Gasteiger partial charge on any atom is -0.439 e. The Morgan fingerprint density at radius 2 is 0.920 bits per heavy atom. The number of aromatic nitrogens is 8. The SMILES string of the molecule is CCC#Cc1ccc([C@H]2CN(C3CCC(=O)NC3=O)C(=O)O2)cc1.Fc1cccc([C@H]2CCCN2c2ccc3ncc(-c4cccc(N5CCNCC5)n4)n3n2)c1.O=C1CCC(N2CC(c3ccc(C#CCN4CCN(c5cccc(-c6cnc7ccc(N8CCC[C@@H]8c8cccc(F)c8)nn67)n5)CC4)cc3)OC2=O)C(=O)N1. The first-order valence-electron chi connectivity index (χ1n) is 38.6. The van der Waals surface area contributed by atoms with Gasteiger partial charge in [0, 0.05) is 95.8 Å². The first-order valence-corrected chi connectivity index (χ1v) is 38.6. The maximum absolute atomic E-state index is 14.1. The number of anilines is 4. The van der Waals surface area contributed by atoms with Crippen LogP contribution in [0.15, 0.2) is 170 Å². The van der Waals surface area contributed by atoms with Crippen molar-refractivity contribution in [3.05, 3.63) is 215 Å². The van der Waals surface area contributed by atoms with Gasteiger partial charge in [0.25, 0.3) is 0 Å². The molecule has 0 saturated carbocycles. The van der Waals surface area contributed by atoms with E-state index in [2.05, 4.69) is 80.2 Å². The lowest BCUT2D eigenvalue weighted by Crippen LogP contribution is -2.52. The molecule has 8 aliphatic heterocycles. The summed E-state index contributed by atoms with van der Waals surface area (Å²) in [4.78, 5) is 105. The molecule has 3 unspecified atom stereocenters. The summed E-state index contributed by atoms with van der Waals surface area (Å²) < 4.78 is 42.6. The Bertz CT molecular complexity index is 5350. The number of amides is 6. The lowest BCUT2D eigenvalue weighted by Gasteiger charge is -2.34. The van der Waals surface area contributed by atoms with Gasteiger partial charge in [-0.25, -0.2) is 47.3 Å². The highest BCUT2D eigenvalue weighted by atomic mass is 19.1. The largest absolute Gasteiger partial charge is 0.439 e. The van der Waals surface area contributed by atoms with Gasteiger partial charge in [-0.05, 0) is 158 Å². The van der Waals surface area contributed by atoms with Crippen molar-refractivity contribution in [3.63, 3.8) is 0 Å². The molecule has 6 aromatic heterocycles. The highest BCUT2D eigenvalue weighted by Gasteiger charge is 2.44. The molecule has 8 saturated heterocycles. The van der Waals surface area contributed by atoms with Gasteiger partial charge in [0.2, 0.25) is 23.6 Å². The second-order valence-corrected chi connectivity index (χ2v) is 29.0. The van der Waals surface area contributed by atoms with Gasteiger partial charge in [-0.1, -0.05) is 91.3 Å². The molecule has 28 heteroatoms. The molecule has 0 spiro atoms. The fraction of sp³-hybridized carbons (Fsp3) is 0.341. The topological polar surface area (TPSA) is 266 Å². The van der Waals surface area contributed by atoms with E-state index in [9.17, 15) is 37.5 Å². The highest BCUT2D eigenvalue weighted by Crippen LogP contribution is 2.39. The number of piperidine rings is 2. The number of nitrogens with one attached hydrogen (secondary N) is 3. The van der Waals surface area contributed by atoms with Crippen LogP contribution in [0.4, 0.5) is 41.6 Å². The van der Waals surface area contributed by atoms with E-state index in [1.54, 1.807) is 24.3 Å². The molecule has 8 aliphatic rings. The fourth-order valence-corrected chi connectivity index (χ4v) is 15.9. The Morgan fingerprint density at radius 3 is 1.38 bits per heavy atom. The first-order chi connectivity index (χ1) is 55.2. The van der Waals surface area contributed by atoms with Crippen LogP contribution in [0.25, 0.3) is 34.1 Å². The van der Waals surface area contributed by atoms with E-state index in [1.807, 2.05) is 144 Å². The molecule has 6 amide bonds. The smallest absolute Gasteiger partial charge is 0.411 e. The van der Waals surface area contributed by atoms with Crippen molar-refractivity contribution >= 4 is 70.4 Å². The number of imide groups is 2. The van der Waals surface area contributed by atoms with Crippen molar-refractivity contribution < 1.29 is 47.0 Å². The van der Waals surface area contributed by atoms with Crippen molar-refractivity contribution in [1.82, 2.24) is 69.8 Å². The molecule has 113 heavy (non-hydrogen) atoms. The number of hydrogen-bond donors (Lipinski definition) is 3. The van der Waals surface area contributed by atoms with Crippen molar-refractivity contribution in [1.29, 1.82) is 0 Å². The fourth-order valence-electron chi connectivity index (χ4n) is 15.9. The number of halogens is 2. The number of piperazine rings is 2. The summed E-state index contributed by atoms with van der Waals surface area (Å²) in [6.07, 6.45) is 7.50. The molecule has 8 fully saturated rings. The average Bonchev–Trinajstić information content (AvgIpc) is 1.68. The van der Waals surface area contributed by atoms with E-state index < -0.39 is 48.3 Å². The number of imidazole rings is 2. The van der Waals surface area contributed by atoms with Gasteiger partial charge in [-0.3, -0.25) is 44.5 Å². The van der Waals surface area contributed by atoms with Crippen LogP contribution in [0.2, 0.25) is 0 Å². The second-order valence-electron chi connectivity index (χ2n) is 29.0. The van der Waals surface area contributed by atoms with Gasteiger partial charge in [-0.15, -0.1) is 10.2 Å². The van der Waals surface area contributed by atoms with E-state index in [-0.39, 0.29) is 54.9 Å². The minimum atomic E-state index is -0.696. The van der Waals surface area contributed by atoms with Crippen LogP contribution >= 0.6 is 0 Å². The van der Waals surface area contributed by atoms with Gasteiger partial charge < -0.3 is 34.4 Å². The van der Waals surface area contributed by atoms with E-state index in [4.69, 9.17) is 29.6 Å². The average molecular weight is 1520 g/mol. The Hall–Kier alpha value is -12.7. The molecule has 0 bridgehead atoms. The zero-order valence-electron chi connectivity index (χ0n) is 62.4. The van der Waals surface area contributed by atoms with E-state index in [0.29, 0.717) is 25.9 Å². The molecule has 18 rings (SSSR count). The number of fused-ring (bicyclic) bond motifs is 2. The van der Waals surface area contributed by atoms with Gasteiger partial charge in [0.15, 0.2) is 11.3 Å². The van der Waals surface area contributed by atoms with E-state index in [1.165, 1.54) is 21.9 Å². The summed E-state index contributed by atoms with van der Waals surface area (Å²) >= 11 is 0. The molecule has 0 aliphatic carbocycles. The molecule has 6 atom stereocenters. The second kappa shape index (κ2) is 33.5. The molecule has 10 aromatic rings. The molecular weight excluding hydrogens is 1440 g/mol. The molecular formula is C85H84F2N18O8. The number of pyridine rings is 2. The third-order valence-electron chi connectivity index (χ3n) is 21.8. The van der Waals surface area contributed by atoms with Gasteiger partial charge >= 0.3 is 12.2 Å². The van der Waals surface area contributed by atoms with Crippen LogP contribution in [-0.4, -0.2) is 187 Å². The first kappa shape index (κ1) is 74.4. The number of benzene rings is 4. The predicted molar refractivity (Wildman–Crippen MR) is 419 cm³/mol. The van der Waals surface area contributed by atoms with Crippen molar-refractivity contribution in [3.8, 4) is 46.5 Å². The lowest BCUT2D eigenvalue weighted by atomic mass is 10.0. The normalized spacial score (nSPS) is 21.2. The molecule has 14 heterocycles. The number of ether oxygens (including phenoxy) is 2.